The molecular formula is C39H36N4O2. The molecule has 0 unspecified atom stereocenters. The number of aliphatic imine (C=N–C) groups is 2. The highest BCUT2D eigenvalue weighted by molar-refractivity contribution is 6.11. The molecule has 6 heteroatoms. The summed E-state index contributed by atoms with van der Waals surface area (Å²) in [5.41, 5.74) is 9.43. The smallest absolute Gasteiger partial charge is 0.125 e. The summed E-state index contributed by atoms with van der Waals surface area (Å²) in [4.78, 5) is 9.50. The van der Waals surface area contributed by atoms with Gasteiger partial charge in [0.1, 0.15) is 11.5 Å². The second-order valence-corrected chi connectivity index (χ2v) is 12.0. The minimum Gasteiger partial charge on any atom is -0.507 e. The largest absolute Gasteiger partial charge is 0.507 e. The quantitative estimate of drug-likeness (QED) is 0.181. The third kappa shape index (κ3) is 5.02. The first-order valence-corrected chi connectivity index (χ1v) is 15.5. The predicted molar refractivity (Wildman–Crippen MR) is 189 cm³/mol. The summed E-state index contributed by atoms with van der Waals surface area (Å²) >= 11 is 0. The molecule has 0 fully saturated rings. The first kappa shape index (κ1) is 28.4. The van der Waals surface area contributed by atoms with Gasteiger partial charge in [-0.2, -0.15) is 0 Å². The first-order valence-electron chi connectivity index (χ1n) is 15.5. The van der Waals surface area contributed by atoms with Gasteiger partial charge in [0.2, 0.25) is 0 Å². The van der Waals surface area contributed by atoms with Crippen molar-refractivity contribution in [2.75, 3.05) is 0 Å². The predicted octanol–water partition coefficient (Wildman–Crippen LogP) is 9.77. The van der Waals surface area contributed by atoms with Crippen LogP contribution in [0.4, 0.5) is 11.4 Å². The molecule has 0 saturated carbocycles. The van der Waals surface area contributed by atoms with Crippen LogP contribution < -0.4 is 0 Å². The number of phenolic OH excluding ortho intramolecular Hbond substituents is 2. The third-order valence-corrected chi connectivity index (χ3v) is 8.78. The number of unbranched alkanes of at least 4 members (excludes halogenated alkanes) is 1. The standard InChI is InChI=1S/C39H36N4O2/c1-5-6-15-43-36-17-25(3)12-14-29(36)31-21-39(45)27(19-37(31)43)23-41-33-10-8-7-9-32(33)40-22-26-18-35-30(20-38(26)44)28-13-11-24(2)16-34(28)42(35)4/h7-14,16-23,44-45H,5-6,15H2,1-4H3. The lowest BCUT2D eigenvalue weighted by Crippen LogP contribution is -1.98. The molecule has 0 amide bonds. The number of aromatic hydroxyl groups is 2. The molecule has 0 radical (unpaired) electrons. The van der Waals surface area contributed by atoms with Crippen molar-refractivity contribution in [3.63, 3.8) is 0 Å². The van der Waals surface area contributed by atoms with Crippen molar-refractivity contribution in [3.05, 3.63) is 107 Å². The maximum Gasteiger partial charge on any atom is 0.125 e. The molecular weight excluding hydrogens is 556 g/mol. The van der Waals surface area contributed by atoms with Gasteiger partial charge in [-0.25, -0.2) is 0 Å². The van der Waals surface area contributed by atoms with E-state index in [1.807, 2.05) is 55.6 Å². The average Bonchev–Trinajstić information content (AvgIpc) is 3.47. The zero-order valence-electron chi connectivity index (χ0n) is 26.0. The third-order valence-electron chi connectivity index (χ3n) is 8.78. The van der Waals surface area contributed by atoms with E-state index < -0.39 is 0 Å². The van der Waals surface area contributed by atoms with E-state index in [1.165, 1.54) is 16.6 Å². The van der Waals surface area contributed by atoms with Gasteiger partial charge in [-0.3, -0.25) is 9.98 Å². The number of phenols is 2. The second kappa shape index (κ2) is 11.3. The van der Waals surface area contributed by atoms with Crippen LogP contribution in [0.2, 0.25) is 0 Å². The second-order valence-electron chi connectivity index (χ2n) is 12.0. The fourth-order valence-corrected chi connectivity index (χ4v) is 6.34. The molecule has 6 nitrogen and oxygen atoms in total. The van der Waals surface area contributed by atoms with Crippen LogP contribution >= 0.6 is 0 Å². The molecule has 224 valence electrons. The van der Waals surface area contributed by atoms with E-state index in [2.05, 4.69) is 66.3 Å². The van der Waals surface area contributed by atoms with Crippen molar-refractivity contribution in [3.8, 4) is 11.5 Å². The number of hydrogen-bond donors (Lipinski definition) is 2. The number of aryl methyl sites for hydroxylation is 4. The summed E-state index contributed by atoms with van der Waals surface area (Å²) in [7, 11) is 2.04. The minimum atomic E-state index is 0.173. The normalized spacial score (nSPS) is 12.3. The molecule has 0 saturated heterocycles. The molecule has 5 aromatic carbocycles. The lowest BCUT2D eigenvalue weighted by atomic mass is 10.1. The number of para-hydroxylation sites is 2. The lowest BCUT2D eigenvalue weighted by Gasteiger charge is -2.08. The van der Waals surface area contributed by atoms with Crippen LogP contribution in [0.15, 0.2) is 94.9 Å². The van der Waals surface area contributed by atoms with E-state index >= 15 is 0 Å². The van der Waals surface area contributed by atoms with E-state index in [1.54, 1.807) is 12.4 Å². The summed E-state index contributed by atoms with van der Waals surface area (Å²) in [5.74, 6) is 0.359. The van der Waals surface area contributed by atoms with Gasteiger partial charge in [0, 0.05) is 75.2 Å². The van der Waals surface area contributed by atoms with Gasteiger partial charge in [0.25, 0.3) is 0 Å². The van der Waals surface area contributed by atoms with Crippen LogP contribution in [-0.2, 0) is 13.6 Å². The molecule has 0 aliphatic carbocycles. The van der Waals surface area contributed by atoms with Crippen LogP contribution in [0, 0.1) is 13.8 Å². The zero-order valence-corrected chi connectivity index (χ0v) is 26.0. The van der Waals surface area contributed by atoms with Crippen molar-refractivity contribution in [1.29, 1.82) is 0 Å². The fraction of sp³-hybridized carbons (Fsp3) is 0.179. The Morgan fingerprint density at radius 3 is 1.71 bits per heavy atom. The Morgan fingerprint density at radius 1 is 0.622 bits per heavy atom. The van der Waals surface area contributed by atoms with Gasteiger partial charge in [0.15, 0.2) is 0 Å². The van der Waals surface area contributed by atoms with Crippen molar-refractivity contribution in [1.82, 2.24) is 9.13 Å². The average molecular weight is 593 g/mol. The zero-order chi connectivity index (χ0) is 31.2. The highest BCUT2D eigenvalue weighted by atomic mass is 16.3. The lowest BCUT2D eigenvalue weighted by molar-refractivity contribution is 0.475. The van der Waals surface area contributed by atoms with Crippen LogP contribution in [-0.4, -0.2) is 31.8 Å². The highest BCUT2D eigenvalue weighted by Gasteiger charge is 2.15. The van der Waals surface area contributed by atoms with E-state index in [4.69, 9.17) is 9.98 Å². The van der Waals surface area contributed by atoms with Crippen molar-refractivity contribution < 1.29 is 10.2 Å². The first-order chi connectivity index (χ1) is 21.8. The molecule has 45 heavy (non-hydrogen) atoms. The summed E-state index contributed by atoms with van der Waals surface area (Å²) in [5, 5.41) is 26.3. The minimum absolute atomic E-state index is 0.173. The molecule has 7 rings (SSSR count). The molecule has 0 aliphatic rings. The van der Waals surface area contributed by atoms with Gasteiger partial charge in [-0.15, -0.1) is 0 Å². The van der Waals surface area contributed by atoms with E-state index in [0.29, 0.717) is 22.5 Å². The van der Waals surface area contributed by atoms with Crippen LogP contribution in [0.1, 0.15) is 42.0 Å². The highest BCUT2D eigenvalue weighted by Crippen LogP contribution is 2.36. The Bertz CT molecular complexity index is 2320. The van der Waals surface area contributed by atoms with E-state index in [0.717, 1.165) is 57.5 Å². The van der Waals surface area contributed by atoms with Gasteiger partial charge in [-0.1, -0.05) is 49.7 Å². The maximum absolute atomic E-state index is 11.1. The van der Waals surface area contributed by atoms with E-state index in [-0.39, 0.29) is 11.5 Å². The summed E-state index contributed by atoms with van der Waals surface area (Å²) in [6.07, 6.45) is 5.57. The van der Waals surface area contributed by atoms with Gasteiger partial charge < -0.3 is 19.3 Å². The number of fused-ring (bicyclic) bond motifs is 6. The molecule has 0 spiro atoms. The Morgan fingerprint density at radius 2 is 1.11 bits per heavy atom. The molecule has 0 atom stereocenters. The molecule has 0 aliphatic heterocycles. The number of rotatable bonds is 7. The Balaban J connectivity index is 1.25. The van der Waals surface area contributed by atoms with E-state index in [9.17, 15) is 10.2 Å². The van der Waals surface area contributed by atoms with Crippen LogP contribution in [0.5, 0.6) is 11.5 Å². The summed E-state index contributed by atoms with van der Waals surface area (Å²) < 4.78 is 4.51. The Kier molecular flexibility index (Phi) is 7.13. The fourth-order valence-electron chi connectivity index (χ4n) is 6.34. The Hall–Kier alpha value is -5.36. The molecule has 0 bridgehead atoms. The molecule has 7 aromatic rings. The SMILES string of the molecule is CCCCn1c2cc(C)ccc2c2cc(O)c(C=Nc3ccccc3N=Cc3cc4c(cc3O)c3ccc(C)cc3n4C)cc21. The maximum atomic E-state index is 11.1. The van der Waals surface area contributed by atoms with Crippen LogP contribution in [0.3, 0.4) is 0 Å². The van der Waals surface area contributed by atoms with Crippen molar-refractivity contribution in [2.24, 2.45) is 17.0 Å². The van der Waals surface area contributed by atoms with Gasteiger partial charge >= 0.3 is 0 Å². The Labute approximate surface area is 262 Å². The number of aromatic nitrogens is 2. The number of nitrogens with zero attached hydrogens (tertiary/aromatic N) is 4. The van der Waals surface area contributed by atoms with Crippen molar-refractivity contribution >= 4 is 67.4 Å². The molecule has 2 N–H and O–H groups in total. The van der Waals surface area contributed by atoms with Gasteiger partial charge in [-0.05, 0) is 79.9 Å². The monoisotopic (exact) mass is 592 g/mol. The molecule has 2 aromatic heterocycles. The molecule has 2 heterocycles. The van der Waals surface area contributed by atoms with Crippen molar-refractivity contribution in [2.45, 2.75) is 40.2 Å². The van der Waals surface area contributed by atoms with Gasteiger partial charge in [0.05, 0.1) is 16.9 Å². The topological polar surface area (TPSA) is 75.0 Å². The van der Waals surface area contributed by atoms with Crippen LogP contribution in [0.25, 0.3) is 43.6 Å². The number of benzene rings is 5. The number of hydrogen-bond acceptors (Lipinski definition) is 4. The summed E-state index contributed by atoms with van der Waals surface area (Å²) in [6.45, 7) is 7.31. The summed E-state index contributed by atoms with van der Waals surface area (Å²) in [6, 6.07) is 28.2.